The van der Waals surface area contributed by atoms with Gasteiger partial charge in [0.25, 0.3) is 0 Å². The molecule has 0 amide bonds. The fourth-order valence-corrected chi connectivity index (χ4v) is 4.40. The van der Waals surface area contributed by atoms with Crippen molar-refractivity contribution in [1.29, 1.82) is 0 Å². The van der Waals surface area contributed by atoms with Crippen LogP contribution in [0.1, 0.15) is 60.5 Å². The molecule has 3 rings (SSSR count). The largest absolute Gasteiger partial charge is 0.462 e. The average Bonchev–Trinajstić information content (AvgIpc) is 3.28. The molecule has 146 valence electrons. The van der Waals surface area contributed by atoms with Crippen LogP contribution in [0.25, 0.3) is 0 Å². The first-order valence-corrected chi connectivity index (χ1v) is 10.7. The lowest BCUT2D eigenvalue weighted by Crippen LogP contribution is -2.25. The van der Waals surface area contributed by atoms with Gasteiger partial charge in [-0.05, 0) is 74.6 Å². The number of furan rings is 1. The third-order valence-corrected chi connectivity index (χ3v) is 6.39. The van der Waals surface area contributed by atoms with E-state index in [4.69, 9.17) is 4.42 Å². The minimum Gasteiger partial charge on any atom is -0.462 e. The smallest absolute Gasteiger partial charge is 0.135 e. The molecule has 0 saturated heterocycles. The number of rotatable bonds is 12. The van der Waals surface area contributed by atoms with E-state index in [0.717, 1.165) is 31.7 Å². The van der Waals surface area contributed by atoms with Gasteiger partial charge in [-0.1, -0.05) is 12.2 Å². The monoisotopic (exact) mass is 385 g/mol. The molecule has 1 aliphatic rings. The first-order valence-electron chi connectivity index (χ1n) is 9.86. The second kappa shape index (κ2) is 9.05. The van der Waals surface area contributed by atoms with Crippen LogP contribution in [0.3, 0.4) is 0 Å². The maximum atomic E-state index is 11.2. The molecule has 0 bridgehead atoms. The number of aliphatic hydroxyl groups is 1. The molecule has 0 spiro atoms. The maximum Gasteiger partial charge on any atom is 0.135 e. The molecule has 0 atom stereocenters. The molecule has 2 heterocycles. The summed E-state index contributed by atoms with van der Waals surface area (Å²) in [4.78, 5) is 3.94. The minimum absolute atomic E-state index is 0.623. The summed E-state index contributed by atoms with van der Waals surface area (Å²) in [6.45, 7) is 11.5. The zero-order chi connectivity index (χ0) is 19.3. The maximum absolute atomic E-state index is 11.2. The summed E-state index contributed by atoms with van der Waals surface area (Å²) in [6.07, 6.45) is 8.99. The molecule has 27 heavy (non-hydrogen) atoms. The van der Waals surface area contributed by atoms with Crippen molar-refractivity contribution in [1.82, 2.24) is 4.90 Å². The highest BCUT2D eigenvalue weighted by Crippen LogP contribution is 2.35. The Morgan fingerprint density at radius 3 is 2.44 bits per heavy atom. The minimum atomic E-state index is -0.949. The predicted octanol–water partition coefficient (Wildman–Crippen LogP) is 5.93. The van der Waals surface area contributed by atoms with Crippen LogP contribution in [-0.2, 0) is 18.7 Å². The molecule has 0 aromatic carbocycles. The second-order valence-corrected chi connectivity index (χ2v) is 8.62. The van der Waals surface area contributed by atoms with Gasteiger partial charge in [-0.3, -0.25) is 4.90 Å². The topological polar surface area (TPSA) is 36.6 Å². The van der Waals surface area contributed by atoms with E-state index in [1.54, 1.807) is 0 Å². The molecule has 0 aliphatic heterocycles. The molecule has 2 aromatic heterocycles. The van der Waals surface area contributed by atoms with Gasteiger partial charge in [0.05, 0.1) is 6.54 Å². The molecule has 0 radical (unpaired) electrons. The van der Waals surface area contributed by atoms with Gasteiger partial charge < -0.3 is 9.52 Å². The summed E-state index contributed by atoms with van der Waals surface area (Å²) in [5, 5.41) is 13.3. The number of nitrogens with zero attached hydrogens (tertiary/aromatic N) is 1. The first-order chi connectivity index (χ1) is 13.1. The lowest BCUT2D eigenvalue weighted by Gasteiger charge is -2.25. The van der Waals surface area contributed by atoms with Crippen LogP contribution in [0.4, 0.5) is 0 Å². The highest BCUT2D eigenvalue weighted by molar-refractivity contribution is 7.10. The summed E-state index contributed by atoms with van der Waals surface area (Å²) < 4.78 is 6.14. The lowest BCUT2D eigenvalue weighted by molar-refractivity contribution is -0.00218. The van der Waals surface area contributed by atoms with Crippen LogP contribution in [0.5, 0.6) is 0 Å². The number of allylic oxidation sites excluding steroid dienone is 2. The number of aryl methyl sites for hydroxylation is 1. The van der Waals surface area contributed by atoms with Crippen molar-refractivity contribution in [3.63, 3.8) is 0 Å². The normalized spacial score (nSPS) is 14.6. The van der Waals surface area contributed by atoms with Gasteiger partial charge in [0.2, 0.25) is 0 Å². The summed E-state index contributed by atoms with van der Waals surface area (Å²) in [6, 6.07) is 6.82. The fraction of sp³-hybridized carbons (Fsp3) is 0.478. The predicted molar refractivity (Wildman–Crippen MR) is 113 cm³/mol. The van der Waals surface area contributed by atoms with Crippen LogP contribution in [0.2, 0.25) is 0 Å². The van der Waals surface area contributed by atoms with Crippen molar-refractivity contribution >= 4 is 11.3 Å². The average molecular weight is 386 g/mol. The van der Waals surface area contributed by atoms with Crippen molar-refractivity contribution < 1.29 is 9.52 Å². The van der Waals surface area contributed by atoms with E-state index < -0.39 is 5.60 Å². The Bertz CT molecular complexity index is 744. The van der Waals surface area contributed by atoms with E-state index in [1.165, 1.54) is 23.3 Å². The van der Waals surface area contributed by atoms with Gasteiger partial charge in [0.15, 0.2) is 0 Å². The Kier molecular flexibility index (Phi) is 6.74. The Hall–Kier alpha value is -1.62. The summed E-state index contributed by atoms with van der Waals surface area (Å²) in [7, 11) is 0. The van der Waals surface area contributed by atoms with E-state index in [2.05, 4.69) is 36.4 Å². The third-order valence-electron chi connectivity index (χ3n) is 5.38. The Balaban J connectivity index is 1.71. The van der Waals surface area contributed by atoms with Gasteiger partial charge in [0.1, 0.15) is 17.1 Å². The van der Waals surface area contributed by atoms with Gasteiger partial charge >= 0.3 is 0 Å². The van der Waals surface area contributed by atoms with Crippen LogP contribution in [0.15, 0.2) is 53.3 Å². The molecule has 1 fully saturated rings. The van der Waals surface area contributed by atoms with Gasteiger partial charge in [0, 0.05) is 17.5 Å². The Morgan fingerprint density at radius 2 is 1.89 bits per heavy atom. The fourth-order valence-electron chi connectivity index (χ4n) is 3.47. The van der Waals surface area contributed by atoms with E-state index in [0.29, 0.717) is 24.6 Å². The van der Waals surface area contributed by atoms with Gasteiger partial charge in [-0.25, -0.2) is 0 Å². The molecule has 3 nitrogen and oxygen atoms in total. The zero-order valence-corrected chi connectivity index (χ0v) is 17.1. The van der Waals surface area contributed by atoms with Crippen molar-refractivity contribution in [2.45, 2.75) is 70.2 Å². The molecule has 2 aromatic rings. The molecule has 1 N–H and O–H groups in total. The lowest BCUT2D eigenvalue weighted by atomic mass is 9.89. The molecular weight excluding hydrogens is 354 g/mol. The summed E-state index contributed by atoms with van der Waals surface area (Å²) in [5.41, 5.74) is 0.420. The summed E-state index contributed by atoms with van der Waals surface area (Å²) >= 11 is 1.83. The first kappa shape index (κ1) is 20.1. The van der Waals surface area contributed by atoms with Gasteiger partial charge in [-0.2, -0.15) is 0 Å². The molecule has 0 unspecified atom stereocenters. The number of hydrogen-bond acceptors (Lipinski definition) is 4. The van der Waals surface area contributed by atoms with Crippen molar-refractivity contribution in [2.75, 3.05) is 0 Å². The van der Waals surface area contributed by atoms with Gasteiger partial charge in [-0.15, -0.1) is 24.5 Å². The number of hydrogen-bond donors (Lipinski definition) is 1. The quantitative estimate of drug-likeness (QED) is 0.460. The van der Waals surface area contributed by atoms with Crippen molar-refractivity contribution in [2.24, 2.45) is 0 Å². The van der Waals surface area contributed by atoms with Crippen LogP contribution in [-0.4, -0.2) is 16.0 Å². The van der Waals surface area contributed by atoms with E-state index in [-0.39, 0.29) is 0 Å². The molecule has 1 aliphatic carbocycles. The summed E-state index contributed by atoms with van der Waals surface area (Å²) in [5.74, 6) is 1.60. The van der Waals surface area contributed by atoms with Crippen molar-refractivity contribution in [3.05, 3.63) is 70.9 Å². The van der Waals surface area contributed by atoms with Crippen molar-refractivity contribution in [3.8, 4) is 0 Å². The Labute approximate surface area is 167 Å². The van der Waals surface area contributed by atoms with Crippen LogP contribution >= 0.6 is 11.3 Å². The highest BCUT2D eigenvalue weighted by Gasteiger charge is 2.33. The van der Waals surface area contributed by atoms with Crippen LogP contribution < -0.4 is 0 Å². The van der Waals surface area contributed by atoms with E-state index in [9.17, 15) is 5.11 Å². The number of thiophene rings is 1. The third kappa shape index (κ3) is 5.22. The van der Waals surface area contributed by atoms with E-state index >= 15 is 0 Å². The molecule has 1 saturated carbocycles. The van der Waals surface area contributed by atoms with Crippen LogP contribution in [0, 0.1) is 6.92 Å². The standard InChI is InChI=1S/C23H31NO2S/c1-4-6-13-23(25,14-7-5-2)22-11-10-20(26-22)16-24(19-8-9-19)17-21-18(3)12-15-27-21/h4-5,10-12,15,19,25H,1-2,6-9,13-14,16-17H2,3H3. The second-order valence-electron chi connectivity index (χ2n) is 7.62. The molecular formula is C23H31NO2S. The SMILES string of the molecule is C=CCCC(O)(CCC=C)c1ccc(CN(Cc2sccc2C)C2CC2)o1. The van der Waals surface area contributed by atoms with E-state index in [1.807, 2.05) is 35.6 Å². The zero-order valence-electron chi connectivity index (χ0n) is 16.3. The highest BCUT2D eigenvalue weighted by atomic mass is 32.1. The molecule has 4 heteroatoms. The Morgan fingerprint density at radius 1 is 1.19 bits per heavy atom.